The third-order valence-corrected chi connectivity index (χ3v) is 5.17. The predicted octanol–water partition coefficient (Wildman–Crippen LogP) is 4.20. The van der Waals surface area contributed by atoms with Crippen LogP contribution >= 0.6 is 11.8 Å². The number of benzene rings is 1. The second-order valence-electron chi connectivity index (χ2n) is 5.16. The molecule has 3 rings (SSSR count). The molecule has 2 nitrogen and oxygen atoms in total. The number of fused-ring (bicyclic) bond motifs is 1. The molecule has 1 aliphatic rings. The fraction of sp³-hybridized carbons (Fsp3) is 0.500. The zero-order valence-corrected chi connectivity index (χ0v) is 12.2. The van der Waals surface area contributed by atoms with Crippen LogP contribution in [0.1, 0.15) is 31.9 Å². The summed E-state index contributed by atoms with van der Waals surface area (Å²) < 4.78 is 5.85. The third-order valence-electron chi connectivity index (χ3n) is 3.85. The van der Waals surface area contributed by atoms with E-state index in [9.17, 15) is 0 Å². The number of nitrogens with one attached hydrogen (secondary N) is 1. The maximum atomic E-state index is 5.85. The fourth-order valence-electron chi connectivity index (χ4n) is 2.93. The summed E-state index contributed by atoms with van der Waals surface area (Å²) in [6, 6.07) is 11.0. The van der Waals surface area contributed by atoms with E-state index in [1.54, 1.807) is 0 Å². The Bertz CT molecular complexity index is 503. The molecule has 1 fully saturated rings. The lowest BCUT2D eigenvalue weighted by atomic mass is 10.2. The van der Waals surface area contributed by atoms with E-state index in [-0.39, 0.29) is 0 Å². The van der Waals surface area contributed by atoms with E-state index in [1.165, 1.54) is 30.4 Å². The van der Waals surface area contributed by atoms with Gasteiger partial charge in [0, 0.05) is 16.7 Å². The third kappa shape index (κ3) is 2.98. The van der Waals surface area contributed by atoms with Gasteiger partial charge in [-0.15, -0.1) is 0 Å². The maximum Gasteiger partial charge on any atom is 0.134 e. The highest BCUT2D eigenvalue weighted by atomic mass is 32.2. The quantitative estimate of drug-likeness (QED) is 0.885. The van der Waals surface area contributed by atoms with Crippen molar-refractivity contribution >= 4 is 22.7 Å². The van der Waals surface area contributed by atoms with Crippen LogP contribution in [-0.2, 0) is 6.54 Å². The minimum absolute atomic E-state index is 0.651. The lowest BCUT2D eigenvalue weighted by molar-refractivity contribution is 0.466. The van der Waals surface area contributed by atoms with Gasteiger partial charge in [-0.2, -0.15) is 11.8 Å². The SMILES string of the molecule is CCSC1CCCC1NCc1cc2ccccc2o1. The van der Waals surface area contributed by atoms with Gasteiger partial charge in [-0.25, -0.2) is 0 Å². The van der Waals surface area contributed by atoms with E-state index < -0.39 is 0 Å². The topological polar surface area (TPSA) is 25.2 Å². The average molecular weight is 275 g/mol. The van der Waals surface area contributed by atoms with Crippen LogP contribution in [0.2, 0.25) is 0 Å². The van der Waals surface area contributed by atoms with Gasteiger partial charge in [-0.05, 0) is 30.7 Å². The molecule has 19 heavy (non-hydrogen) atoms. The molecule has 1 N–H and O–H groups in total. The van der Waals surface area contributed by atoms with Crippen molar-refractivity contribution in [1.29, 1.82) is 0 Å². The van der Waals surface area contributed by atoms with Crippen molar-refractivity contribution in [3.8, 4) is 0 Å². The van der Waals surface area contributed by atoms with Gasteiger partial charge in [-0.3, -0.25) is 0 Å². The van der Waals surface area contributed by atoms with Crippen LogP contribution in [0, 0.1) is 0 Å². The van der Waals surface area contributed by atoms with Gasteiger partial charge in [0.05, 0.1) is 6.54 Å². The number of furan rings is 1. The van der Waals surface area contributed by atoms with Gasteiger partial charge in [0.25, 0.3) is 0 Å². The summed E-state index contributed by atoms with van der Waals surface area (Å²) in [5.74, 6) is 2.27. The first kappa shape index (κ1) is 13.1. The van der Waals surface area contributed by atoms with Crippen molar-refractivity contribution in [3.63, 3.8) is 0 Å². The van der Waals surface area contributed by atoms with Crippen molar-refractivity contribution in [1.82, 2.24) is 5.32 Å². The summed E-state index contributed by atoms with van der Waals surface area (Å²) in [5, 5.41) is 5.66. The van der Waals surface area contributed by atoms with Crippen LogP contribution in [0.5, 0.6) is 0 Å². The second-order valence-corrected chi connectivity index (χ2v) is 6.68. The highest BCUT2D eigenvalue weighted by Crippen LogP contribution is 2.30. The normalized spacial score (nSPS) is 23.2. The molecule has 1 saturated carbocycles. The first-order valence-corrected chi connectivity index (χ1v) is 8.24. The minimum atomic E-state index is 0.651. The Kier molecular flexibility index (Phi) is 4.14. The van der Waals surface area contributed by atoms with Crippen LogP contribution in [0.25, 0.3) is 11.0 Å². The molecular weight excluding hydrogens is 254 g/mol. The molecule has 2 atom stereocenters. The van der Waals surface area contributed by atoms with Gasteiger partial charge >= 0.3 is 0 Å². The Hall–Kier alpha value is -0.930. The molecule has 0 amide bonds. The van der Waals surface area contributed by atoms with E-state index in [2.05, 4.69) is 42.2 Å². The van der Waals surface area contributed by atoms with Crippen LogP contribution in [0.15, 0.2) is 34.7 Å². The number of rotatable bonds is 5. The molecule has 1 aromatic carbocycles. The second kappa shape index (κ2) is 6.02. The largest absolute Gasteiger partial charge is 0.460 e. The summed E-state index contributed by atoms with van der Waals surface area (Å²) >= 11 is 2.09. The van der Waals surface area contributed by atoms with E-state index in [0.717, 1.165) is 23.1 Å². The Labute approximate surface area is 118 Å². The van der Waals surface area contributed by atoms with E-state index >= 15 is 0 Å². The molecule has 0 aliphatic heterocycles. The minimum Gasteiger partial charge on any atom is -0.460 e. The molecule has 102 valence electrons. The van der Waals surface area contributed by atoms with Crippen molar-refractivity contribution < 1.29 is 4.42 Å². The number of hydrogen-bond acceptors (Lipinski definition) is 3. The van der Waals surface area contributed by atoms with Crippen molar-refractivity contribution in [2.24, 2.45) is 0 Å². The summed E-state index contributed by atoms with van der Waals surface area (Å²) in [5.41, 5.74) is 0.991. The Morgan fingerprint density at radius 3 is 3.05 bits per heavy atom. The number of hydrogen-bond donors (Lipinski definition) is 1. The fourth-order valence-corrected chi connectivity index (χ4v) is 4.15. The standard InChI is InChI=1S/C16H21NOS/c1-2-19-16-9-5-7-14(16)17-11-13-10-12-6-3-4-8-15(12)18-13/h3-4,6,8,10,14,16-17H,2,5,7,9,11H2,1H3. The Morgan fingerprint density at radius 1 is 1.32 bits per heavy atom. The Balaban J connectivity index is 1.62. The molecule has 0 bridgehead atoms. The predicted molar refractivity (Wildman–Crippen MR) is 82.6 cm³/mol. The van der Waals surface area contributed by atoms with Crippen molar-refractivity contribution in [3.05, 3.63) is 36.1 Å². The van der Waals surface area contributed by atoms with Gasteiger partial charge in [-0.1, -0.05) is 31.5 Å². The van der Waals surface area contributed by atoms with E-state index in [0.29, 0.717) is 6.04 Å². The molecule has 0 radical (unpaired) electrons. The van der Waals surface area contributed by atoms with Crippen LogP contribution in [-0.4, -0.2) is 17.0 Å². The highest BCUT2D eigenvalue weighted by Gasteiger charge is 2.26. The van der Waals surface area contributed by atoms with E-state index in [4.69, 9.17) is 4.42 Å². The lowest BCUT2D eigenvalue weighted by Gasteiger charge is -2.19. The first-order chi connectivity index (χ1) is 9.36. The van der Waals surface area contributed by atoms with Crippen molar-refractivity contribution in [2.75, 3.05) is 5.75 Å². The highest BCUT2D eigenvalue weighted by molar-refractivity contribution is 7.99. The molecular formula is C16H21NOS. The summed E-state index contributed by atoms with van der Waals surface area (Å²) in [7, 11) is 0. The summed E-state index contributed by atoms with van der Waals surface area (Å²) in [6.45, 7) is 3.10. The summed E-state index contributed by atoms with van der Waals surface area (Å²) in [6.07, 6.45) is 4.02. The van der Waals surface area contributed by atoms with Gasteiger partial charge in [0.2, 0.25) is 0 Å². The Morgan fingerprint density at radius 2 is 2.21 bits per heavy atom. The molecule has 3 heteroatoms. The van der Waals surface area contributed by atoms with Gasteiger partial charge in [0.1, 0.15) is 11.3 Å². The summed E-state index contributed by atoms with van der Waals surface area (Å²) in [4.78, 5) is 0. The maximum absolute atomic E-state index is 5.85. The first-order valence-electron chi connectivity index (χ1n) is 7.19. The van der Waals surface area contributed by atoms with Crippen LogP contribution < -0.4 is 5.32 Å². The molecule has 2 aromatic rings. The molecule has 0 spiro atoms. The van der Waals surface area contributed by atoms with Gasteiger partial charge < -0.3 is 9.73 Å². The van der Waals surface area contributed by atoms with Crippen LogP contribution in [0.4, 0.5) is 0 Å². The molecule has 2 unspecified atom stereocenters. The molecule has 1 aromatic heterocycles. The van der Waals surface area contributed by atoms with Crippen molar-refractivity contribution in [2.45, 2.75) is 44.0 Å². The zero-order valence-electron chi connectivity index (χ0n) is 11.4. The zero-order chi connectivity index (χ0) is 13.1. The molecule has 1 heterocycles. The lowest BCUT2D eigenvalue weighted by Crippen LogP contribution is -2.33. The monoisotopic (exact) mass is 275 g/mol. The average Bonchev–Trinajstić information content (AvgIpc) is 3.02. The van der Waals surface area contributed by atoms with Gasteiger partial charge in [0.15, 0.2) is 0 Å². The number of thioether (sulfide) groups is 1. The smallest absolute Gasteiger partial charge is 0.134 e. The number of para-hydroxylation sites is 1. The molecule has 1 aliphatic carbocycles. The molecule has 0 saturated heterocycles. The van der Waals surface area contributed by atoms with Crippen LogP contribution in [0.3, 0.4) is 0 Å². The van der Waals surface area contributed by atoms with E-state index in [1.807, 2.05) is 12.1 Å².